The van der Waals surface area contributed by atoms with Crippen LogP contribution in [0.3, 0.4) is 0 Å². The van der Waals surface area contributed by atoms with Gasteiger partial charge in [0.2, 0.25) is 5.60 Å². The van der Waals surface area contributed by atoms with E-state index in [2.05, 4.69) is 0 Å². The van der Waals surface area contributed by atoms with Crippen LogP contribution in [0, 0.1) is 0 Å². The molecular weight excluding hydrogens is 274 g/mol. The number of hydrogen-bond acceptors (Lipinski definition) is 5. The van der Waals surface area contributed by atoms with Crippen LogP contribution in [0.15, 0.2) is 35.9 Å². The molecule has 2 aliphatic heterocycles. The SMILES string of the molecule is CCOC(=O)C1=CC(=O)OC12C(=O)N(C)c1ccccc12. The Morgan fingerprint density at radius 1 is 1.33 bits per heavy atom. The van der Waals surface area contributed by atoms with Crippen molar-refractivity contribution >= 4 is 23.5 Å². The van der Waals surface area contributed by atoms with Crippen molar-refractivity contribution in [1.29, 1.82) is 0 Å². The van der Waals surface area contributed by atoms with E-state index in [0.717, 1.165) is 6.08 Å². The van der Waals surface area contributed by atoms with Crippen molar-refractivity contribution in [2.24, 2.45) is 0 Å². The fraction of sp³-hybridized carbons (Fsp3) is 0.267. The standard InChI is InChI=1S/C15H13NO5/c1-3-20-13(18)10-8-12(17)21-15(10)9-6-4-5-7-11(9)16(2)14(15)19/h4-8H,3H2,1-2H3. The molecule has 0 N–H and O–H groups in total. The number of para-hydroxylation sites is 1. The number of esters is 2. The molecule has 21 heavy (non-hydrogen) atoms. The maximum atomic E-state index is 12.7. The zero-order valence-electron chi connectivity index (χ0n) is 11.6. The van der Waals surface area contributed by atoms with Crippen LogP contribution >= 0.6 is 0 Å². The molecule has 6 nitrogen and oxygen atoms in total. The van der Waals surface area contributed by atoms with Gasteiger partial charge < -0.3 is 14.4 Å². The highest BCUT2D eigenvalue weighted by atomic mass is 16.6. The summed E-state index contributed by atoms with van der Waals surface area (Å²) < 4.78 is 10.2. The van der Waals surface area contributed by atoms with Crippen LogP contribution in [0.4, 0.5) is 5.69 Å². The molecule has 2 heterocycles. The topological polar surface area (TPSA) is 72.9 Å². The molecule has 0 fully saturated rings. The Bertz CT molecular complexity index is 693. The summed E-state index contributed by atoms with van der Waals surface area (Å²) in [6.07, 6.45) is 1.03. The minimum atomic E-state index is -1.71. The molecular formula is C15H13NO5. The van der Waals surface area contributed by atoms with Crippen LogP contribution in [-0.2, 0) is 29.5 Å². The van der Waals surface area contributed by atoms with Crippen molar-refractivity contribution < 1.29 is 23.9 Å². The van der Waals surface area contributed by atoms with Crippen LogP contribution < -0.4 is 4.90 Å². The second-order valence-corrected chi connectivity index (χ2v) is 4.76. The summed E-state index contributed by atoms with van der Waals surface area (Å²) in [4.78, 5) is 37.9. The first-order valence-electron chi connectivity index (χ1n) is 6.52. The summed E-state index contributed by atoms with van der Waals surface area (Å²) >= 11 is 0. The van der Waals surface area contributed by atoms with Gasteiger partial charge >= 0.3 is 11.9 Å². The van der Waals surface area contributed by atoms with Gasteiger partial charge in [-0.2, -0.15) is 0 Å². The molecule has 0 radical (unpaired) electrons. The number of amides is 1. The van der Waals surface area contributed by atoms with Crippen LogP contribution in [0.5, 0.6) is 0 Å². The molecule has 1 aromatic carbocycles. The highest BCUT2D eigenvalue weighted by molar-refractivity contribution is 6.18. The summed E-state index contributed by atoms with van der Waals surface area (Å²) in [6, 6.07) is 6.90. The Morgan fingerprint density at radius 3 is 2.76 bits per heavy atom. The van der Waals surface area contributed by atoms with E-state index in [1.807, 2.05) is 0 Å². The Kier molecular flexibility index (Phi) is 2.83. The number of rotatable bonds is 2. The third-order valence-electron chi connectivity index (χ3n) is 3.64. The Morgan fingerprint density at radius 2 is 2.05 bits per heavy atom. The smallest absolute Gasteiger partial charge is 0.339 e. The van der Waals surface area contributed by atoms with Crippen LogP contribution in [0.1, 0.15) is 12.5 Å². The average Bonchev–Trinajstić information content (AvgIpc) is 2.93. The minimum absolute atomic E-state index is 0.0730. The van der Waals surface area contributed by atoms with Gasteiger partial charge in [-0.05, 0) is 13.0 Å². The molecule has 0 aromatic heterocycles. The van der Waals surface area contributed by atoms with E-state index in [1.165, 1.54) is 4.90 Å². The number of carbonyl (C=O) groups excluding carboxylic acids is 3. The highest BCUT2D eigenvalue weighted by Crippen LogP contribution is 2.49. The second kappa shape index (κ2) is 4.44. The largest absolute Gasteiger partial charge is 0.462 e. The fourth-order valence-corrected chi connectivity index (χ4v) is 2.75. The van der Waals surface area contributed by atoms with Crippen molar-refractivity contribution in [2.45, 2.75) is 12.5 Å². The first-order chi connectivity index (χ1) is 10.0. The molecule has 1 amide bonds. The third kappa shape index (κ3) is 1.62. The third-order valence-corrected chi connectivity index (χ3v) is 3.64. The quantitative estimate of drug-likeness (QED) is 0.756. The lowest BCUT2D eigenvalue weighted by Crippen LogP contribution is -2.43. The van der Waals surface area contributed by atoms with Crippen LogP contribution in [0.2, 0.25) is 0 Å². The minimum Gasteiger partial charge on any atom is -0.462 e. The van der Waals surface area contributed by atoms with Crippen molar-refractivity contribution in [1.82, 2.24) is 0 Å². The number of carbonyl (C=O) groups is 3. The van der Waals surface area contributed by atoms with Gasteiger partial charge in [0, 0.05) is 18.7 Å². The van der Waals surface area contributed by atoms with E-state index in [1.54, 1.807) is 38.2 Å². The van der Waals surface area contributed by atoms with E-state index < -0.39 is 23.4 Å². The van der Waals surface area contributed by atoms with E-state index >= 15 is 0 Å². The predicted octanol–water partition coefficient (Wildman–Crippen LogP) is 0.905. The summed E-state index contributed by atoms with van der Waals surface area (Å²) in [5.41, 5.74) is -0.708. The molecule has 1 unspecified atom stereocenters. The van der Waals surface area contributed by atoms with Gasteiger partial charge in [-0.15, -0.1) is 0 Å². The average molecular weight is 287 g/mol. The summed E-state index contributed by atoms with van der Waals surface area (Å²) in [5.74, 6) is -1.92. The number of hydrogen-bond donors (Lipinski definition) is 0. The van der Waals surface area contributed by atoms with Gasteiger partial charge in [-0.1, -0.05) is 18.2 Å². The number of ether oxygens (including phenoxy) is 2. The lowest BCUT2D eigenvalue weighted by Gasteiger charge is -2.24. The molecule has 3 rings (SSSR count). The fourth-order valence-electron chi connectivity index (χ4n) is 2.75. The van der Waals surface area contributed by atoms with Crippen LogP contribution in [-0.4, -0.2) is 31.5 Å². The maximum absolute atomic E-state index is 12.7. The number of likely N-dealkylation sites (N-methyl/N-ethyl adjacent to an activating group) is 1. The number of nitrogens with zero attached hydrogens (tertiary/aromatic N) is 1. The zero-order chi connectivity index (χ0) is 15.2. The van der Waals surface area contributed by atoms with Crippen molar-refractivity contribution in [2.75, 3.05) is 18.6 Å². The molecule has 1 aromatic rings. The molecule has 1 atom stereocenters. The van der Waals surface area contributed by atoms with Gasteiger partial charge in [-0.25, -0.2) is 9.59 Å². The van der Waals surface area contributed by atoms with E-state index in [4.69, 9.17) is 9.47 Å². The first-order valence-corrected chi connectivity index (χ1v) is 6.52. The summed E-state index contributed by atoms with van der Waals surface area (Å²) in [5, 5.41) is 0. The first kappa shape index (κ1) is 13.4. The lowest BCUT2D eigenvalue weighted by atomic mass is 9.88. The Balaban J connectivity index is 2.20. The number of anilines is 1. The van der Waals surface area contributed by atoms with E-state index in [9.17, 15) is 14.4 Å². The highest BCUT2D eigenvalue weighted by Gasteiger charge is 2.61. The van der Waals surface area contributed by atoms with Crippen LogP contribution in [0.25, 0.3) is 0 Å². The predicted molar refractivity (Wildman–Crippen MR) is 72.3 cm³/mol. The van der Waals surface area contributed by atoms with Gasteiger partial charge in [0.1, 0.15) is 5.57 Å². The second-order valence-electron chi connectivity index (χ2n) is 4.76. The summed E-state index contributed by atoms with van der Waals surface area (Å²) in [7, 11) is 1.57. The van der Waals surface area contributed by atoms with E-state index in [-0.39, 0.29) is 12.2 Å². The number of fused-ring (bicyclic) bond motifs is 2. The molecule has 0 saturated heterocycles. The number of benzene rings is 1. The van der Waals surface area contributed by atoms with Crippen molar-refractivity contribution in [3.05, 3.63) is 41.5 Å². The Hall–Kier alpha value is -2.63. The normalized spacial score (nSPS) is 23.1. The molecule has 2 aliphatic rings. The van der Waals surface area contributed by atoms with Gasteiger partial charge in [0.05, 0.1) is 12.3 Å². The van der Waals surface area contributed by atoms with Gasteiger partial charge in [0.25, 0.3) is 5.91 Å². The monoisotopic (exact) mass is 287 g/mol. The molecule has 108 valence electrons. The maximum Gasteiger partial charge on any atom is 0.339 e. The Labute approximate surface area is 120 Å². The molecule has 0 aliphatic carbocycles. The lowest BCUT2D eigenvalue weighted by molar-refractivity contribution is -0.157. The molecule has 1 spiro atoms. The van der Waals surface area contributed by atoms with Gasteiger partial charge in [-0.3, -0.25) is 4.79 Å². The van der Waals surface area contributed by atoms with E-state index in [0.29, 0.717) is 11.3 Å². The van der Waals surface area contributed by atoms with Crippen molar-refractivity contribution in [3.63, 3.8) is 0 Å². The molecule has 6 heteroatoms. The van der Waals surface area contributed by atoms with Crippen molar-refractivity contribution in [3.8, 4) is 0 Å². The zero-order valence-corrected chi connectivity index (χ0v) is 11.6. The molecule has 0 saturated carbocycles. The summed E-state index contributed by atoms with van der Waals surface area (Å²) in [6.45, 7) is 1.80. The van der Waals surface area contributed by atoms with Gasteiger partial charge in [0.15, 0.2) is 0 Å². The molecule has 0 bridgehead atoms.